The van der Waals surface area contributed by atoms with Crippen molar-refractivity contribution in [3.05, 3.63) is 63.8 Å². The van der Waals surface area contributed by atoms with E-state index in [2.05, 4.69) is 79.6 Å². The van der Waals surface area contributed by atoms with Crippen LogP contribution in [0.4, 0.5) is 0 Å². The molecule has 4 aromatic heterocycles. The van der Waals surface area contributed by atoms with Gasteiger partial charge in [0, 0.05) is 30.6 Å². The molecule has 0 fully saturated rings. The number of thiophene rings is 2. The van der Waals surface area contributed by atoms with Gasteiger partial charge in [0.15, 0.2) is 5.82 Å². The van der Waals surface area contributed by atoms with Crippen molar-refractivity contribution < 1.29 is 4.63 Å². The van der Waals surface area contributed by atoms with E-state index >= 15 is 0 Å². The van der Waals surface area contributed by atoms with Crippen molar-refractivity contribution in [2.75, 3.05) is 0 Å². The lowest BCUT2D eigenvalue weighted by atomic mass is 10.0. The van der Waals surface area contributed by atoms with Crippen molar-refractivity contribution in [1.29, 1.82) is 0 Å². The topological polar surface area (TPSA) is 67.6 Å². The van der Waals surface area contributed by atoms with Gasteiger partial charge < -0.3 is 0 Å². The molecule has 0 aliphatic carbocycles. The molecule has 0 amide bonds. The number of aryl methyl sites for hydroxylation is 3. The molecule has 0 spiro atoms. The maximum atomic E-state index is 5.37. The van der Waals surface area contributed by atoms with Crippen LogP contribution in [0.3, 0.4) is 0 Å². The Balaban J connectivity index is 1.67. The van der Waals surface area contributed by atoms with E-state index in [1.807, 2.05) is 0 Å². The van der Waals surface area contributed by atoms with E-state index < -0.39 is 0 Å². The van der Waals surface area contributed by atoms with Gasteiger partial charge in [-0.2, -0.15) is 5.16 Å². The number of fused-ring (bicyclic) bond motifs is 2. The smallest absolute Gasteiger partial charge is 0.160 e. The summed E-state index contributed by atoms with van der Waals surface area (Å²) in [5.74, 6) is 0.738. The van der Waals surface area contributed by atoms with E-state index in [9.17, 15) is 0 Å². The fraction of sp³-hybridized carbons (Fsp3) is 0.192. The van der Waals surface area contributed by atoms with Gasteiger partial charge in [0.25, 0.3) is 0 Å². The van der Waals surface area contributed by atoms with Gasteiger partial charge >= 0.3 is 0 Å². The van der Waals surface area contributed by atoms with Crippen LogP contribution in [0.15, 0.2) is 53.2 Å². The summed E-state index contributed by atoms with van der Waals surface area (Å²) in [4.78, 5) is 14.9. The van der Waals surface area contributed by atoms with Crippen molar-refractivity contribution in [3.63, 3.8) is 0 Å². The third kappa shape index (κ3) is 3.39. The Morgan fingerprint density at radius 3 is 2.03 bits per heavy atom. The Kier molecular flexibility index (Phi) is 4.89. The lowest BCUT2D eigenvalue weighted by molar-refractivity contribution is 0.315. The third-order valence-electron chi connectivity index (χ3n) is 5.87. The van der Waals surface area contributed by atoms with Gasteiger partial charge in [-0.15, -0.1) is 22.7 Å². The van der Waals surface area contributed by atoms with Gasteiger partial charge in [-0.25, -0.2) is 9.97 Å². The highest BCUT2D eigenvalue weighted by atomic mass is 32.1. The van der Waals surface area contributed by atoms with Crippen LogP contribution in [-0.4, -0.2) is 20.3 Å². The quantitative estimate of drug-likeness (QED) is 0.279. The summed E-state index contributed by atoms with van der Waals surface area (Å²) in [6, 6.07) is 17.1. The predicted molar refractivity (Wildman–Crippen MR) is 137 cm³/mol. The molecule has 7 heteroatoms. The molecule has 0 atom stereocenters. The van der Waals surface area contributed by atoms with E-state index in [0.29, 0.717) is 0 Å². The maximum Gasteiger partial charge on any atom is 0.160 e. The van der Waals surface area contributed by atoms with Crippen LogP contribution < -0.4 is 0 Å². The number of benzene rings is 2. The van der Waals surface area contributed by atoms with Crippen molar-refractivity contribution >= 4 is 44.7 Å². The molecular weight excluding hydrogens is 448 g/mol. The number of hydrogen-bond donors (Lipinski definition) is 1. The molecule has 0 aliphatic rings. The zero-order valence-corrected chi connectivity index (χ0v) is 20.2. The van der Waals surface area contributed by atoms with Gasteiger partial charge in [0.1, 0.15) is 22.1 Å². The molecule has 0 saturated carbocycles. The fourth-order valence-corrected chi connectivity index (χ4v) is 6.15. The molecule has 0 aliphatic heterocycles. The molecule has 6 rings (SSSR count). The summed E-state index contributed by atoms with van der Waals surface area (Å²) in [7, 11) is 0. The standard InChI is InChI=1S/C26H22N4OS2/c1-4-5-16-8-10-17(11-9-16)26-27-22-20(18-12-6-14(2)32-18)24-25(30-31-29-24)21(23(22)28-26)19-13-7-15(3)33-19/h6-13,29H,4-5H2,1-3H3. The molecular formula is C26H22N4OS2. The summed E-state index contributed by atoms with van der Waals surface area (Å²) in [5.41, 5.74) is 7.71. The molecule has 0 saturated heterocycles. The predicted octanol–water partition coefficient (Wildman–Crippen LogP) is 7.79. The van der Waals surface area contributed by atoms with E-state index in [-0.39, 0.29) is 0 Å². The van der Waals surface area contributed by atoms with Gasteiger partial charge in [-0.1, -0.05) is 42.8 Å². The zero-order chi connectivity index (χ0) is 22.5. The summed E-state index contributed by atoms with van der Waals surface area (Å²) in [6.07, 6.45) is 2.21. The summed E-state index contributed by atoms with van der Waals surface area (Å²) in [6.45, 7) is 6.42. The molecule has 33 heavy (non-hydrogen) atoms. The largest absolute Gasteiger partial charge is 0.270 e. The first-order chi connectivity index (χ1) is 16.1. The summed E-state index contributed by atoms with van der Waals surface area (Å²) < 4.78 is 5.37. The van der Waals surface area contributed by atoms with Crippen LogP contribution in [0.5, 0.6) is 0 Å². The van der Waals surface area contributed by atoms with Crippen molar-refractivity contribution in [2.45, 2.75) is 33.6 Å². The highest BCUT2D eigenvalue weighted by Gasteiger charge is 2.25. The summed E-state index contributed by atoms with van der Waals surface area (Å²) in [5, 5.41) is 7.41. The van der Waals surface area contributed by atoms with Gasteiger partial charge in [0.2, 0.25) is 0 Å². The Hall–Kier alpha value is -3.29. The molecule has 0 unspecified atom stereocenters. The Morgan fingerprint density at radius 1 is 0.788 bits per heavy atom. The number of aromatic nitrogens is 4. The van der Waals surface area contributed by atoms with Gasteiger partial charge in [-0.05, 0) is 50.1 Å². The lowest BCUT2D eigenvalue weighted by Crippen LogP contribution is -1.87. The average molecular weight is 471 g/mol. The van der Waals surface area contributed by atoms with Crippen LogP contribution in [0.1, 0.15) is 28.7 Å². The molecule has 0 bridgehead atoms. The minimum Gasteiger partial charge on any atom is -0.270 e. The van der Waals surface area contributed by atoms with Crippen LogP contribution in [-0.2, 0) is 6.42 Å². The molecule has 1 N–H and O–H groups in total. The number of hydrogen-bond acceptors (Lipinski definition) is 6. The van der Waals surface area contributed by atoms with Crippen molar-refractivity contribution in [2.24, 2.45) is 0 Å². The lowest BCUT2D eigenvalue weighted by Gasteiger charge is -2.05. The highest BCUT2D eigenvalue weighted by Crippen LogP contribution is 2.45. The number of aromatic amines is 1. The van der Waals surface area contributed by atoms with E-state index in [0.717, 1.165) is 67.2 Å². The van der Waals surface area contributed by atoms with Crippen LogP contribution in [0.2, 0.25) is 0 Å². The van der Waals surface area contributed by atoms with Crippen LogP contribution in [0, 0.1) is 13.8 Å². The van der Waals surface area contributed by atoms with E-state index in [4.69, 9.17) is 14.6 Å². The monoisotopic (exact) mass is 470 g/mol. The highest BCUT2D eigenvalue weighted by molar-refractivity contribution is 7.16. The first-order valence-corrected chi connectivity index (χ1v) is 12.7. The molecule has 4 heterocycles. The van der Waals surface area contributed by atoms with Crippen LogP contribution in [0.25, 0.3) is 54.3 Å². The first kappa shape index (κ1) is 20.3. The van der Waals surface area contributed by atoms with E-state index in [1.54, 1.807) is 22.7 Å². The van der Waals surface area contributed by atoms with Gasteiger partial charge in [-0.3, -0.25) is 4.63 Å². The third-order valence-corrected chi connectivity index (χ3v) is 7.90. The van der Waals surface area contributed by atoms with Crippen LogP contribution >= 0.6 is 22.7 Å². The Labute approximate surface area is 199 Å². The SMILES string of the molecule is CCCc1ccc(-c2nc3c(-c4ccc(C)s4)c4no[nH]c4c(-c4ccc(C)s4)c3n2)cc1. The molecule has 164 valence electrons. The number of imidazole rings is 1. The molecule has 6 aromatic rings. The normalized spacial score (nSPS) is 11.7. The minimum atomic E-state index is 0.738. The minimum absolute atomic E-state index is 0.738. The Morgan fingerprint density at radius 2 is 1.42 bits per heavy atom. The number of H-pyrrole nitrogens is 1. The molecule has 2 aromatic carbocycles. The number of rotatable bonds is 5. The maximum absolute atomic E-state index is 5.37. The fourth-order valence-electron chi connectivity index (χ4n) is 4.32. The second-order valence-corrected chi connectivity index (χ2v) is 10.8. The average Bonchev–Trinajstić information content (AvgIpc) is 3.60. The summed E-state index contributed by atoms with van der Waals surface area (Å²) >= 11 is 3.47. The second-order valence-electron chi connectivity index (χ2n) is 8.27. The first-order valence-electron chi connectivity index (χ1n) is 11.0. The number of nitrogens with zero attached hydrogens (tertiary/aromatic N) is 3. The van der Waals surface area contributed by atoms with Crippen molar-refractivity contribution in [1.82, 2.24) is 20.3 Å². The number of nitrogens with one attached hydrogen (secondary N) is 1. The second kappa shape index (κ2) is 7.93. The zero-order valence-electron chi connectivity index (χ0n) is 18.6. The molecule has 0 radical (unpaired) electrons. The Bertz CT molecular complexity index is 1510. The van der Waals surface area contributed by atoms with Gasteiger partial charge in [0.05, 0.1) is 5.56 Å². The molecule has 5 nitrogen and oxygen atoms in total. The van der Waals surface area contributed by atoms with Crippen molar-refractivity contribution in [3.8, 4) is 32.3 Å². The van der Waals surface area contributed by atoms with E-state index in [1.165, 1.54) is 15.3 Å².